The molecule has 2 aliphatic heterocycles. The molecule has 6 nitrogen and oxygen atoms in total. The molecule has 3 aromatic rings. The molecule has 0 saturated carbocycles. The first-order chi connectivity index (χ1) is 15.5. The number of hydrogen-bond acceptors (Lipinski definition) is 6. The van der Waals surface area contributed by atoms with Crippen molar-refractivity contribution in [3.05, 3.63) is 89.2 Å². The van der Waals surface area contributed by atoms with Crippen LogP contribution in [0.2, 0.25) is 5.02 Å². The highest BCUT2D eigenvalue weighted by atomic mass is 35.5. The molecule has 0 unspecified atom stereocenters. The number of benzene rings is 2. The summed E-state index contributed by atoms with van der Waals surface area (Å²) in [6.07, 6.45) is 1.33. The number of carbonyl (C=O) groups excluding carboxylic acids is 1. The van der Waals surface area contributed by atoms with Crippen LogP contribution < -0.4 is 10.6 Å². The number of halogens is 1. The summed E-state index contributed by atoms with van der Waals surface area (Å²) >= 11 is 7.64. The minimum Gasteiger partial charge on any atom is -0.457 e. The van der Waals surface area contributed by atoms with Crippen LogP contribution in [0.15, 0.2) is 76.8 Å². The van der Waals surface area contributed by atoms with Gasteiger partial charge in [-0.1, -0.05) is 53.7 Å². The third kappa shape index (κ3) is 3.67. The van der Waals surface area contributed by atoms with Crippen molar-refractivity contribution < 1.29 is 9.21 Å². The number of carbonyl (C=O) groups is 1. The van der Waals surface area contributed by atoms with E-state index in [9.17, 15) is 4.79 Å². The van der Waals surface area contributed by atoms with Crippen LogP contribution in [-0.4, -0.2) is 21.8 Å². The molecule has 8 heteroatoms. The van der Waals surface area contributed by atoms with Crippen LogP contribution in [0.5, 0.6) is 0 Å². The summed E-state index contributed by atoms with van der Waals surface area (Å²) in [5, 5.41) is 14.1. The molecule has 1 aromatic heterocycles. The summed E-state index contributed by atoms with van der Waals surface area (Å²) in [5.74, 6) is 1.89. The van der Waals surface area contributed by atoms with E-state index in [4.69, 9.17) is 21.1 Å². The van der Waals surface area contributed by atoms with Crippen LogP contribution in [0, 0.1) is 6.92 Å². The van der Waals surface area contributed by atoms with Crippen LogP contribution in [0.4, 0.5) is 5.69 Å². The second kappa shape index (κ2) is 8.41. The lowest BCUT2D eigenvalue weighted by Gasteiger charge is -2.42. The van der Waals surface area contributed by atoms with Gasteiger partial charge in [-0.25, -0.2) is 5.01 Å². The van der Waals surface area contributed by atoms with Crippen molar-refractivity contribution in [2.24, 2.45) is 5.10 Å². The molecule has 2 N–H and O–H groups in total. The van der Waals surface area contributed by atoms with E-state index in [0.29, 0.717) is 27.5 Å². The normalized spacial score (nSPS) is 19.4. The summed E-state index contributed by atoms with van der Waals surface area (Å²) in [6, 6.07) is 16.8. The monoisotopic (exact) mass is 464 g/mol. The third-order valence-corrected chi connectivity index (χ3v) is 6.56. The molecule has 1 amide bonds. The third-order valence-electron chi connectivity index (χ3n) is 5.46. The summed E-state index contributed by atoms with van der Waals surface area (Å²) < 4.78 is 6.27. The molecule has 3 heterocycles. The van der Waals surface area contributed by atoms with Crippen molar-refractivity contribution in [1.82, 2.24) is 10.3 Å². The molecule has 32 heavy (non-hydrogen) atoms. The van der Waals surface area contributed by atoms with Crippen molar-refractivity contribution >= 4 is 40.1 Å². The fraction of sp³-hybridized carbons (Fsp3) is 0.167. The zero-order valence-electron chi connectivity index (χ0n) is 17.3. The molecule has 0 fully saturated rings. The number of furan rings is 1. The Balaban J connectivity index is 1.57. The molecular weight excluding hydrogens is 444 g/mol. The summed E-state index contributed by atoms with van der Waals surface area (Å²) in [7, 11) is 0. The standard InChI is InChI=1S/C24H21ClN4O2S/c1-3-12-32-24-27-23(30)21-16-6-4-5-7-18(16)26-22(29(21)28-24)20-11-10-19(31-20)17-13-15(25)9-8-14(17)2/h3-11,13,21-22,26H,1,12H2,2H3,(H,27,28,30)/t21-,22+/m1/s1. The number of rotatable bonds is 4. The number of para-hydroxylation sites is 1. The highest BCUT2D eigenvalue weighted by molar-refractivity contribution is 8.14. The molecule has 0 saturated heterocycles. The van der Waals surface area contributed by atoms with Crippen molar-refractivity contribution in [2.45, 2.75) is 19.1 Å². The fourth-order valence-corrected chi connectivity index (χ4v) is 4.73. The number of anilines is 1. The number of amides is 1. The molecule has 0 radical (unpaired) electrons. The minimum atomic E-state index is -0.563. The average Bonchev–Trinajstić information content (AvgIpc) is 3.28. The van der Waals surface area contributed by atoms with Crippen LogP contribution >= 0.6 is 23.4 Å². The fourth-order valence-electron chi connectivity index (χ4n) is 3.96. The van der Waals surface area contributed by atoms with Crippen molar-refractivity contribution in [1.29, 1.82) is 0 Å². The molecule has 0 spiro atoms. The van der Waals surface area contributed by atoms with E-state index in [-0.39, 0.29) is 5.91 Å². The summed E-state index contributed by atoms with van der Waals surface area (Å²) in [5.41, 5.74) is 3.74. The molecule has 0 bridgehead atoms. The first-order valence-electron chi connectivity index (χ1n) is 10.2. The van der Waals surface area contributed by atoms with Gasteiger partial charge in [0.1, 0.15) is 11.5 Å². The van der Waals surface area contributed by atoms with E-state index in [2.05, 4.69) is 17.2 Å². The maximum absolute atomic E-state index is 13.1. The van der Waals surface area contributed by atoms with Gasteiger partial charge in [0.15, 0.2) is 17.4 Å². The number of thioether (sulfide) groups is 1. The number of amidine groups is 1. The molecule has 2 atom stereocenters. The second-order valence-corrected chi connectivity index (χ2v) is 9.02. The maximum Gasteiger partial charge on any atom is 0.255 e. The van der Waals surface area contributed by atoms with E-state index < -0.39 is 12.2 Å². The van der Waals surface area contributed by atoms with Crippen LogP contribution in [0.3, 0.4) is 0 Å². The van der Waals surface area contributed by atoms with E-state index in [0.717, 1.165) is 22.4 Å². The van der Waals surface area contributed by atoms with Gasteiger partial charge in [-0.2, -0.15) is 0 Å². The van der Waals surface area contributed by atoms with Gasteiger partial charge in [0, 0.05) is 27.6 Å². The maximum atomic E-state index is 13.1. The van der Waals surface area contributed by atoms with Gasteiger partial charge in [-0.05, 0) is 42.8 Å². The topological polar surface area (TPSA) is 69.9 Å². The molecular formula is C24H21ClN4O2S. The Labute approximate surface area is 195 Å². The SMILES string of the molecule is C=CCSC1=NN2[C@@H](c3ccc(-c4cc(Cl)ccc4C)o3)Nc3ccccc3[C@@H]2C(=O)N1. The van der Waals surface area contributed by atoms with Gasteiger partial charge in [0.2, 0.25) is 0 Å². The number of aryl methyl sites for hydroxylation is 1. The van der Waals surface area contributed by atoms with Gasteiger partial charge in [0.25, 0.3) is 5.91 Å². The number of hydrogen-bond donors (Lipinski definition) is 2. The first kappa shape index (κ1) is 20.7. The highest BCUT2D eigenvalue weighted by Gasteiger charge is 2.43. The van der Waals surface area contributed by atoms with E-state index >= 15 is 0 Å². The van der Waals surface area contributed by atoms with E-state index in [1.54, 1.807) is 11.1 Å². The Hall–Kier alpha value is -3.16. The molecule has 5 rings (SSSR count). The van der Waals surface area contributed by atoms with Crippen molar-refractivity contribution in [3.63, 3.8) is 0 Å². The number of hydrazone groups is 1. The lowest BCUT2D eigenvalue weighted by molar-refractivity contribution is -0.127. The Bertz CT molecular complexity index is 1240. The molecule has 2 aliphatic rings. The second-order valence-electron chi connectivity index (χ2n) is 7.57. The number of fused-ring (bicyclic) bond motifs is 3. The predicted octanol–water partition coefficient (Wildman–Crippen LogP) is 5.70. The quantitative estimate of drug-likeness (QED) is 0.485. The highest BCUT2D eigenvalue weighted by Crippen LogP contribution is 2.43. The lowest BCUT2D eigenvalue weighted by Crippen LogP contribution is -2.50. The van der Waals surface area contributed by atoms with Crippen LogP contribution in [-0.2, 0) is 4.79 Å². The zero-order chi connectivity index (χ0) is 22.2. The molecule has 0 aliphatic carbocycles. The van der Waals surface area contributed by atoms with Gasteiger partial charge < -0.3 is 15.1 Å². The van der Waals surface area contributed by atoms with Crippen LogP contribution in [0.1, 0.15) is 29.1 Å². The summed E-state index contributed by atoms with van der Waals surface area (Å²) in [4.78, 5) is 13.1. The Kier molecular flexibility index (Phi) is 5.45. The largest absolute Gasteiger partial charge is 0.457 e. The Morgan fingerprint density at radius 3 is 2.94 bits per heavy atom. The Morgan fingerprint density at radius 1 is 1.25 bits per heavy atom. The van der Waals surface area contributed by atoms with E-state index in [1.165, 1.54) is 11.8 Å². The van der Waals surface area contributed by atoms with Crippen molar-refractivity contribution in [2.75, 3.05) is 11.1 Å². The Morgan fingerprint density at radius 2 is 2.09 bits per heavy atom. The van der Waals surface area contributed by atoms with Gasteiger partial charge >= 0.3 is 0 Å². The van der Waals surface area contributed by atoms with Gasteiger partial charge in [-0.3, -0.25) is 4.79 Å². The van der Waals surface area contributed by atoms with Gasteiger partial charge in [0.05, 0.1) is 0 Å². The van der Waals surface area contributed by atoms with Crippen molar-refractivity contribution in [3.8, 4) is 11.3 Å². The number of nitrogens with zero attached hydrogens (tertiary/aromatic N) is 2. The molecule has 162 valence electrons. The van der Waals surface area contributed by atoms with Crippen LogP contribution in [0.25, 0.3) is 11.3 Å². The van der Waals surface area contributed by atoms with E-state index in [1.807, 2.05) is 61.5 Å². The molecule has 2 aromatic carbocycles. The predicted molar refractivity (Wildman–Crippen MR) is 130 cm³/mol. The zero-order valence-corrected chi connectivity index (χ0v) is 18.9. The number of nitrogens with one attached hydrogen (secondary N) is 2. The summed E-state index contributed by atoms with van der Waals surface area (Å²) in [6.45, 7) is 5.76. The lowest BCUT2D eigenvalue weighted by atomic mass is 9.99. The first-order valence-corrected chi connectivity index (χ1v) is 11.5. The minimum absolute atomic E-state index is 0.122. The van der Waals surface area contributed by atoms with Gasteiger partial charge in [-0.15, -0.1) is 11.7 Å². The average molecular weight is 465 g/mol. The smallest absolute Gasteiger partial charge is 0.255 e.